The molecule has 18 heavy (non-hydrogen) atoms. The number of nitrogens with one attached hydrogen (secondary N) is 1. The largest absolute Gasteiger partial charge is 0.397 e. The lowest BCUT2D eigenvalue weighted by Gasteiger charge is -2.15. The van der Waals surface area contributed by atoms with Gasteiger partial charge >= 0.3 is 0 Å². The van der Waals surface area contributed by atoms with Gasteiger partial charge in [0.15, 0.2) is 0 Å². The summed E-state index contributed by atoms with van der Waals surface area (Å²) in [5, 5.41) is 11.6. The van der Waals surface area contributed by atoms with Crippen LogP contribution in [0.25, 0.3) is 0 Å². The maximum absolute atomic E-state index is 11.7. The molecule has 0 unspecified atom stereocenters. The van der Waals surface area contributed by atoms with E-state index in [9.17, 15) is 4.79 Å². The number of nitrogen functional groups attached to an aromatic ring is 1. The van der Waals surface area contributed by atoms with Crippen molar-refractivity contribution in [2.45, 2.75) is 6.42 Å². The molecule has 0 aliphatic carbocycles. The van der Waals surface area contributed by atoms with Crippen molar-refractivity contribution in [3.05, 3.63) is 23.2 Å². The van der Waals surface area contributed by atoms with Crippen molar-refractivity contribution in [3.63, 3.8) is 0 Å². The van der Waals surface area contributed by atoms with E-state index in [0.29, 0.717) is 29.4 Å². The van der Waals surface area contributed by atoms with E-state index in [0.717, 1.165) is 0 Å². The number of carbonyl (C=O) groups is 1. The molecule has 0 atom stereocenters. The number of nitrogens with zero attached hydrogens (tertiary/aromatic N) is 2. The van der Waals surface area contributed by atoms with Crippen LogP contribution in [0.4, 0.5) is 11.4 Å². The molecule has 0 aliphatic rings. The summed E-state index contributed by atoms with van der Waals surface area (Å²) in [4.78, 5) is 13.5. The Labute approximate surface area is 111 Å². The molecule has 1 aromatic rings. The van der Waals surface area contributed by atoms with Gasteiger partial charge in [-0.25, -0.2) is 0 Å². The lowest BCUT2D eigenvalue weighted by Crippen LogP contribution is -2.31. The van der Waals surface area contributed by atoms with Gasteiger partial charge in [0.05, 0.1) is 24.0 Å². The Morgan fingerprint density at radius 2 is 2.33 bits per heavy atom. The highest BCUT2D eigenvalue weighted by atomic mass is 35.5. The van der Waals surface area contributed by atoms with Gasteiger partial charge in [-0.05, 0) is 25.2 Å². The van der Waals surface area contributed by atoms with Crippen LogP contribution in [0.15, 0.2) is 18.2 Å². The quantitative estimate of drug-likeness (QED) is 0.795. The van der Waals surface area contributed by atoms with Gasteiger partial charge in [-0.1, -0.05) is 11.6 Å². The number of benzene rings is 1. The zero-order valence-electron chi connectivity index (χ0n) is 10.1. The Hall–Kier alpha value is -1.77. The molecule has 5 nitrogen and oxygen atoms in total. The Bertz CT molecular complexity index is 470. The highest BCUT2D eigenvalue weighted by Crippen LogP contribution is 2.22. The Kier molecular flexibility index (Phi) is 5.43. The van der Waals surface area contributed by atoms with E-state index in [2.05, 4.69) is 5.32 Å². The highest BCUT2D eigenvalue weighted by Gasteiger charge is 2.08. The molecule has 0 fully saturated rings. The normalized spacial score (nSPS) is 10.1. The summed E-state index contributed by atoms with van der Waals surface area (Å²) >= 11 is 5.82. The standard InChI is InChI=1S/C12H15ClN4O/c1-17(6-2-5-14)8-12(18)16-11-7-9(13)3-4-10(11)15/h3-4,7H,2,6,8,15H2,1H3,(H,16,18). The first-order chi connectivity index (χ1) is 8.52. The van der Waals surface area contributed by atoms with Crippen LogP contribution in [-0.2, 0) is 4.79 Å². The van der Waals surface area contributed by atoms with E-state index < -0.39 is 0 Å². The van der Waals surface area contributed by atoms with E-state index in [1.54, 1.807) is 30.1 Å². The zero-order valence-corrected chi connectivity index (χ0v) is 10.9. The van der Waals surface area contributed by atoms with Gasteiger partial charge in [-0.2, -0.15) is 5.26 Å². The molecule has 0 aromatic heterocycles. The Morgan fingerprint density at radius 1 is 1.61 bits per heavy atom. The minimum Gasteiger partial charge on any atom is -0.397 e. The monoisotopic (exact) mass is 266 g/mol. The predicted molar refractivity (Wildman–Crippen MR) is 72.2 cm³/mol. The van der Waals surface area contributed by atoms with E-state index >= 15 is 0 Å². The van der Waals surface area contributed by atoms with Gasteiger partial charge < -0.3 is 11.1 Å². The topological polar surface area (TPSA) is 82.2 Å². The second-order valence-electron chi connectivity index (χ2n) is 3.93. The van der Waals surface area contributed by atoms with Crippen molar-refractivity contribution in [3.8, 4) is 6.07 Å². The van der Waals surface area contributed by atoms with Gasteiger partial charge in [0.1, 0.15) is 0 Å². The Balaban J connectivity index is 2.54. The number of carbonyl (C=O) groups excluding carboxylic acids is 1. The average Bonchev–Trinajstić information content (AvgIpc) is 2.31. The fraction of sp³-hybridized carbons (Fsp3) is 0.333. The first kappa shape index (κ1) is 14.3. The van der Waals surface area contributed by atoms with Crippen molar-refractivity contribution < 1.29 is 4.79 Å². The SMILES string of the molecule is CN(CCC#N)CC(=O)Nc1cc(Cl)ccc1N. The summed E-state index contributed by atoms with van der Waals surface area (Å²) in [6.07, 6.45) is 0.392. The van der Waals surface area contributed by atoms with Crippen LogP contribution in [0.3, 0.4) is 0 Å². The van der Waals surface area contributed by atoms with Crippen LogP contribution < -0.4 is 11.1 Å². The average molecular weight is 267 g/mol. The van der Waals surface area contributed by atoms with E-state index in [1.807, 2.05) is 6.07 Å². The van der Waals surface area contributed by atoms with Crippen LogP contribution >= 0.6 is 11.6 Å². The van der Waals surface area contributed by atoms with Crippen LogP contribution in [-0.4, -0.2) is 30.9 Å². The highest BCUT2D eigenvalue weighted by molar-refractivity contribution is 6.31. The number of rotatable bonds is 5. The molecule has 0 spiro atoms. The van der Waals surface area contributed by atoms with Crippen LogP contribution in [0.5, 0.6) is 0 Å². The molecule has 0 aliphatic heterocycles. The first-order valence-corrected chi connectivity index (χ1v) is 5.81. The minimum absolute atomic E-state index is 0.190. The van der Waals surface area contributed by atoms with Crippen molar-refractivity contribution in [1.29, 1.82) is 5.26 Å². The molecule has 0 radical (unpaired) electrons. The predicted octanol–water partition coefficient (Wildman–Crippen LogP) is 1.71. The van der Waals surface area contributed by atoms with Gasteiger partial charge in [-0.3, -0.25) is 9.69 Å². The fourth-order valence-corrected chi connectivity index (χ4v) is 1.56. The lowest BCUT2D eigenvalue weighted by atomic mass is 10.2. The van der Waals surface area contributed by atoms with Crippen LogP contribution in [0, 0.1) is 11.3 Å². The minimum atomic E-state index is -0.190. The first-order valence-electron chi connectivity index (χ1n) is 5.43. The molecule has 1 aromatic carbocycles. The maximum atomic E-state index is 11.7. The number of likely N-dealkylation sites (N-methyl/N-ethyl adjacent to an activating group) is 1. The molecular formula is C12H15ClN4O. The molecule has 0 saturated heterocycles. The van der Waals surface area contributed by atoms with E-state index in [-0.39, 0.29) is 12.5 Å². The smallest absolute Gasteiger partial charge is 0.238 e. The third-order valence-electron chi connectivity index (χ3n) is 2.31. The molecule has 6 heteroatoms. The number of anilines is 2. The number of amides is 1. The summed E-state index contributed by atoms with van der Waals surface area (Å²) in [6, 6.07) is 6.92. The van der Waals surface area contributed by atoms with Crippen molar-refractivity contribution in [2.75, 3.05) is 31.2 Å². The van der Waals surface area contributed by atoms with Gasteiger partial charge in [0.25, 0.3) is 0 Å². The molecule has 96 valence electrons. The molecule has 3 N–H and O–H groups in total. The molecule has 0 bridgehead atoms. The number of halogens is 1. The van der Waals surface area contributed by atoms with E-state index in [4.69, 9.17) is 22.6 Å². The second-order valence-corrected chi connectivity index (χ2v) is 4.36. The molecule has 0 heterocycles. The Morgan fingerprint density at radius 3 is 3.00 bits per heavy atom. The third kappa shape index (κ3) is 4.62. The summed E-state index contributed by atoms with van der Waals surface area (Å²) in [5.74, 6) is -0.190. The lowest BCUT2D eigenvalue weighted by molar-refractivity contribution is -0.117. The molecule has 0 saturated carbocycles. The van der Waals surface area contributed by atoms with E-state index in [1.165, 1.54) is 0 Å². The summed E-state index contributed by atoms with van der Waals surface area (Å²) in [7, 11) is 1.78. The number of nitriles is 1. The van der Waals surface area contributed by atoms with Crippen molar-refractivity contribution in [1.82, 2.24) is 4.90 Å². The third-order valence-corrected chi connectivity index (χ3v) is 2.54. The summed E-state index contributed by atoms with van der Waals surface area (Å²) in [6.45, 7) is 0.753. The summed E-state index contributed by atoms with van der Waals surface area (Å²) in [5.41, 5.74) is 6.69. The van der Waals surface area contributed by atoms with Gasteiger partial charge in [0.2, 0.25) is 5.91 Å². The zero-order chi connectivity index (χ0) is 13.5. The number of hydrogen-bond donors (Lipinski definition) is 2. The number of nitrogens with two attached hydrogens (primary N) is 1. The molecule has 1 rings (SSSR count). The van der Waals surface area contributed by atoms with Gasteiger partial charge in [-0.15, -0.1) is 0 Å². The fourth-order valence-electron chi connectivity index (χ4n) is 1.39. The van der Waals surface area contributed by atoms with Crippen molar-refractivity contribution in [2.24, 2.45) is 0 Å². The summed E-state index contributed by atoms with van der Waals surface area (Å²) < 4.78 is 0. The molecule has 1 amide bonds. The maximum Gasteiger partial charge on any atom is 0.238 e. The second kappa shape index (κ2) is 6.84. The number of hydrogen-bond acceptors (Lipinski definition) is 4. The van der Waals surface area contributed by atoms with Crippen LogP contribution in [0.2, 0.25) is 5.02 Å². The van der Waals surface area contributed by atoms with Crippen molar-refractivity contribution >= 4 is 28.9 Å². The molecular weight excluding hydrogens is 252 g/mol. The van der Waals surface area contributed by atoms with Crippen LogP contribution in [0.1, 0.15) is 6.42 Å². The van der Waals surface area contributed by atoms with Gasteiger partial charge in [0, 0.05) is 18.0 Å².